The van der Waals surface area contributed by atoms with Crippen LogP contribution in [0.4, 0.5) is 33.9 Å². The number of alkyl halides is 3. The minimum Gasteiger partial charge on any atom is -0.443 e. The van der Waals surface area contributed by atoms with Gasteiger partial charge in [0.2, 0.25) is 5.91 Å². The number of likely N-dealkylation sites (N-methyl/N-ethyl adjacent to an activating group) is 1. The van der Waals surface area contributed by atoms with E-state index in [1.165, 1.54) is 37.1 Å². The fraction of sp³-hybridized carbons (Fsp3) is 0.536. The van der Waals surface area contributed by atoms with Gasteiger partial charge in [0.15, 0.2) is 5.82 Å². The van der Waals surface area contributed by atoms with Gasteiger partial charge in [-0.1, -0.05) is 19.1 Å². The first-order valence-corrected chi connectivity index (χ1v) is 15.1. The first-order valence-electron chi connectivity index (χ1n) is 13.7. The zero-order valence-corrected chi connectivity index (χ0v) is 25.7. The molecule has 1 aromatic carbocycles. The molecule has 0 spiro atoms. The van der Waals surface area contributed by atoms with E-state index in [0.29, 0.717) is 19.0 Å². The van der Waals surface area contributed by atoms with Crippen LogP contribution in [-0.2, 0) is 32.5 Å². The number of benzene rings is 1. The molecule has 2 aromatic rings. The fourth-order valence-electron chi connectivity index (χ4n) is 4.46. The second-order valence-electron chi connectivity index (χ2n) is 11.6. The molecule has 2 amide bonds. The Balaban J connectivity index is 1.76. The molecule has 0 radical (unpaired) electrons. The molecule has 1 aliphatic heterocycles. The maximum Gasteiger partial charge on any atom is 0.433 e. The van der Waals surface area contributed by atoms with Gasteiger partial charge in [-0.2, -0.15) is 26.3 Å². The lowest BCUT2D eigenvalue weighted by Crippen LogP contribution is -2.42. The summed E-state index contributed by atoms with van der Waals surface area (Å²) in [5.74, 6) is -1.75. The lowest BCUT2D eigenvalue weighted by molar-refractivity contribution is -0.141. The normalized spacial score (nSPS) is 15.6. The molecule has 1 aromatic heterocycles. The standard InChI is InChI=1S/C28H37F4N5O5S/c1-17-11-13-37(14-12-17)24-22(9-10-23(34-24)28(30,31)32)36(6)25(38)18(2)19-7-8-20(21(29)15-19)16-33-43(40,41)35-26(39)42-27(3,4)5/h7-10,15,17-18,33H,11-14,16H2,1-6H3,(H,35,39). The second kappa shape index (κ2) is 13.0. The van der Waals surface area contributed by atoms with E-state index < -0.39 is 58.0 Å². The Kier molecular flexibility index (Phi) is 10.3. The maximum atomic E-state index is 15.0. The quantitative estimate of drug-likeness (QED) is 0.389. The van der Waals surface area contributed by atoms with Gasteiger partial charge in [-0.05, 0) is 70.2 Å². The number of aromatic nitrogens is 1. The number of nitrogens with zero attached hydrogens (tertiary/aromatic N) is 3. The third-order valence-electron chi connectivity index (χ3n) is 6.94. The molecule has 0 aliphatic carbocycles. The third-order valence-corrected chi connectivity index (χ3v) is 7.90. The van der Waals surface area contributed by atoms with Crippen LogP contribution in [0.2, 0.25) is 0 Å². The van der Waals surface area contributed by atoms with Crippen LogP contribution in [0.25, 0.3) is 0 Å². The molecule has 1 unspecified atom stereocenters. The van der Waals surface area contributed by atoms with Crippen molar-refractivity contribution in [1.82, 2.24) is 14.4 Å². The van der Waals surface area contributed by atoms with Crippen LogP contribution in [0, 0.1) is 11.7 Å². The zero-order valence-electron chi connectivity index (χ0n) is 24.9. The average Bonchev–Trinajstić information content (AvgIpc) is 2.89. The third kappa shape index (κ3) is 9.26. The molecule has 1 fully saturated rings. The molecule has 3 rings (SSSR count). The predicted octanol–water partition coefficient (Wildman–Crippen LogP) is 5.10. The van der Waals surface area contributed by atoms with E-state index in [-0.39, 0.29) is 22.6 Å². The summed E-state index contributed by atoms with van der Waals surface area (Å²) in [6.45, 7) is 8.75. The molecule has 0 saturated carbocycles. The van der Waals surface area contributed by atoms with Crippen LogP contribution in [0.3, 0.4) is 0 Å². The van der Waals surface area contributed by atoms with Crippen molar-refractivity contribution in [2.45, 2.75) is 71.7 Å². The zero-order chi connectivity index (χ0) is 32.3. The highest BCUT2D eigenvalue weighted by Crippen LogP contribution is 2.36. The Hall–Kier alpha value is -3.46. The molecule has 1 saturated heterocycles. The van der Waals surface area contributed by atoms with E-state index >= 15 is 0 Å². The number of piperidine rings is 1. The van der Waals surface area contributed by atoms with Crippen molar-refractivity contribution >= 4 is 33.7 Å². The number of pyridine rings is 1. The minimum absolute atomic E-state index is 0.0542. The summed E-state index contributed by atoms with van der Waals surface area (Å²) in [6, 6.07) is 5.87. The first-order chi connectivity index (χ1) is 19.8. The smallest absolute Gasteiger partial charge is 0.433 e. The van der Waals surface area contributed by atoms with Crippen LogP contribution in [0.15, 0.2) is 30.3 Å². The Morgan fingerprint density at radius 2 is 1.77 bits per heavy atom. The molecular weight excluding hydrogens is 594 g/mol. The summed E-state index contributed by atoms with van der Waals surface area (Å²) < 4.78 is 88.3. The highest BCUT2D eigenvalue weighted by molar-refractivity contribution is 7.88. The van der Waals surface area contributed by atoms with Gasteiger partial charge in [0.05, 0.1) is 11.6 Å². The molecule has 238 valence electrons. The van der Waals surface area contributed by atoms with Crippen LogP contribution < -0.4 is 19.2 Å². The minimum atomic E-state index is -4.66. The summed E-state index contributed by atoms with van der Waals surface area (Å²) in [5, 5.41) is 0. The van der Waals surface area contributed by atoms with Crippen LogP contribution in [0.5, 0.6) is 0 Å². The Bertz CT molecular complexity index is 1440. The van der Waals surface area contributed by atoms with Gasteiger partial charge in [0.1, 0.15) is 17.1 Å². The molecular formula is C28H37F4N5O5S. The van der Waals surface area contributed by atoms with E-state index in [2.05, 4.69) is 16.6 Å². The average molecular weight is 632 g/mol. The SMILES string of the molecule is CC1CCN(c2nc(C(F)(F)F)ccc2N(C)C(=O)C(C)c2ccc(CNS(=O)(=O)NC(=O)OC(C)(C)C)c(F)c2)CC1. The number of rotatable bonds is 8. The van der Waals surface area contributed by atoms with Crippen molar-refractivity contribution in [3.63, 3.8) is 0 Å². The number of amides is 2. The summed E-state index contributed by atoms with van der Waals surface area (Å²) in [4.78, 5) is 32.1. The van der Waals surface area contributed by atoms with Crippen molar-refractivity contribution in [2.75, 3.05) is 29.9 Å². The number of ether oxygens (including phenoxy) is 1. The van der Waals surface area contributed by atoms with E-state index in [1.807, 2.05) is 0 Å². The number of carbonyl (C=O) groups excluding carboxylic acids is 2. The first kappa shape index (κ1) is 34.0. The van der Waals surface area contributed by atoms with Crippen molar-refractivity contribution in [3.8, 4) is 0 Å². The van der Waals surface area contributed by atoms with Crippen LogP contribution >= 0.6 is 0 Å². The summed E-state index contributed by atoms with van der Waals surface area (Å²) >= 11 is 0. The van der Waals surface area contributed by atoms with Crippen LogP contribution in [-0.4, -0.2) is 51.1 Å². The molecule has 0 bridgehead atoms. The number of halogens is 4. The van der Waals surface area contributed by atoms with Crippen molar-refractivity contribution in [3.05, 3.63) is 53.0 Å². The van der Waals surface area contributed by atoms with E-state index in [9.17, 15) is 35.6 Å². The molecule has 1 aliphatic rings. The van der Waals surface area contributed by atoms with Crippen molar-refractivity contribution < 1.29 is 40.3 Å². The van der Waals surface area contributed by atoms with Gasteiger partial charge in [-0.3, -0.25) is 4.79 Å². The Morgan fingerprint density at radius 1 is 1.14 bits per heavy atom. The maximum absolute atomic E-state index is 15.0. The van der Waals surface area contributed by atoms with E-state index in [4.69, 9.17) is 4.74 Å². The number of nitrogens with one attached hydrogen (secondary N) is 2. The number of hydrogen-bond donors (Lipinski definition) is 2. The highest BCUT2D eigenvalue weighted by Gasteiger charge is 2.35. The lowest BCUT2D eigenvalue weighted by Gasteiger charge is -2.34. The summed E-state index contributed by atoms with van der Waals surface area (Å²) in [6.07, 6.45) is -4.33. The fourth-order valence-corrected chi connectivity index (χ4v) is 5.14. The van der Waals surface area contributed by atoms with E-state index in [1.54, 1.807) is 30.4 Å². The van der Waals surface area contributed by atoms with Crippen molar-refractivity contribution in [2.24, 2.45) is 5.92 Å². The predicted molar refractivity (Wildman–Crippen MR) is 153 cm³/mol. The van der Waals surface area contributed by atoms with Crippen molar-refractivity contribution in [1.29, 1.82) is 0 Å². The summed E-state index contributed by atoms with van der Waals surface area (Å²) in [7, 11) is -2.93. The topological polar surface area (TPSA) is 121 Å². The van der Waals surface area contributed by atoms with Gasteiger partial charge in [-0.25, -0.2) is 18.9 Å². The molecule has 2 N–H and O–H groups in total. The molecule has 1 atom stereocenters. The van der Waals surface area contributed by atoms with Gasteiger partial charge in [0.25, 0.3) is 0 Å². The van der Waals surface area contributed by atoms with Gasteiger partial charge in [0, 0.05) is 32.2 Å². The van der Waals surface area contributed by atoms with Gasteiger partial charge < -0.3 is 14.5 Å². The monoisotopic (exact) mass is 631 g/mol. The van der Waals surface area contributed by atoms with Gasteiger partial charge >= 0.3 is 22.5 Å². The molecule has 10 nitrogen and oxygen atoms in total. The molecule has 2 heterocycles. The summed E-state index contributed by atoms with van der Waals surface area (Å²) in [5.41, 5.74) is -1.58. The molecule has 15 heteroatoms. The van der Waals surface area contributed by atoms with E-state index in [0.717, 1.165) is 25.0 Å². The Labute approximate surface area is 249 Å². The number of hydrogen-bond acceptors (Lipinski definition) is 7. The van der Waals surface area contributed by atoms with Crippen LogP contribution in [0.1, 0.15) is 70.2 Å². The molecule has 43 heavy (non-hydrogen) atoms. The lowest BCUT2D eigenvalue weighted by atomic mass is 9.97. The largest absolute Gasteiger partial charge is 0.443 e. The number of carbonyl (C=O) groups is 2. The number of anilines is 2. The highest BCUT2D eigenvalue weighted by atomic mass is 32.2. The Morgan fingerprint density at radius 3 is 2.33 bits per heavy atom. The second-order valence-corrected chi connectivity index (χ2v) is 13.1. The van der Waals surface area contributed by atoms with Gasteiger partial charge in [-0.15, -0.1) is 0 Å².